The van der Waals surface area contributed by atoms with Crippen LogP contribution in [0.15, 0.2) is 64.3 Å². The number of nitrogens with two attached hydrogens (primary N) is 1. The minimum atomic E-state index is -1.13. The summed E-state index contributed by atoms with van der Waals surface area (Å²) in [5.74, 6) is 4.20. The van der Waals surface area contributed by atoms with Crippen molar-refractivity contribution in [3.05, 3.63) is 81.0 Å². The third-order valence-corrected chi connectivity index (χ3v) is 24.9. The average molecular weight is 946 g/mol. The molecule has 15 aliphatic rings. The van der Waals surface area contributed by atoms with Crippen LogP contribution < -0.4 is 5.73 Å². The molecule has 0 aromatic heterocycles. The van der Waals surface area contributed by atoms with Gasteiger partial charge in [0.1, 0.15) is 11.2 Å². The van der Waals surface area contributed by atoms with Gasteiger partial charge in [0.05, 0.1) is 11.0 Å². The number of allylic oxidation sites excluding steroid dienone is 4. The molecule has 3 N–H and O–H groups in total. The quantitative estimate of drug-likeness (QED) is 0.222. The van der Waals surface area contributed by atoms with Gasteiger partial charge in [-0.25, -0.2) is 4.79 Å². The van der Waals surface area contributed by atoms with Crippen molar-refractivity contribution in [2.75, 3.05) is 19.6 Å². The number of fused-ring (bicyclic) bond motifs is 8. The summed E-state index contributed by atoms with van der Waals surface area (Å²) >= 11 is 0. The van der Waals surface area contributed by atoms with E-state index in [9.17, 15) is 5.11 Å². The molecule has 4 spiro atoms. The molecule has 1 aromatic rings. The Labute approximate surface area is 416 Å². The summed E-state index contributed by atoms with van der Waals surface area (Å²) in [5, 5.41) is 14.1. The van der Waals surface area contributed by atoms with Gasteiger partial charge in [-0.05, 0) is 192 Å². The highest BCUT2D eigenvalue weighted by atomic mass is 16.6. The number of piperidine rings is 3. The summed E-state index contributed by atoms with van der Waals surface area (Å²) in [5.41, 5.74) is 12.5. The molecule has 8 nitrogen and oxygen atoms in total. The van der Waals surface area contributed by atoms with Gasteiger partial charge in [0.15, 0.2) is 11.4 Å². The van der Waals surface area contributed by atoms with Crippen molar-refractivity contribution in [1.29, 1.82) is 0 Å². The van der Waals surface area contributed by atoms with Crippen LogP contribution in [0.25, 0.3) is 0 Å². The standard InChI is InChI=1S/C62H79N3O5/c1-34-27-39-17-19-47-41-28-42-33-65(47)54(39)51-43-21-25-60-56(55(66)44-18-20-48(42)64(32-41)53(44)40-12-7-24-59(31-40)22-4-5-23-59)69-58(68)61(60)49(62(60)46-14-6-11-36(13-8-26-63)50(46)57(67)70-62)30-37(35-9-2-3-10-35)15-16-38(52(43)61)29-45(34)51/h6,11,14-16,34-35,37-38,40-42,44-45,47-49,51,53,66H,2-5,7-10,12-13,17-33,63H2,1H3/b16-15-,56-55+/t34-,37+,38-,40-,41-,42-,44+,45-,47-,48+,49-,51-,53-,60+,61+,62+/m0/s1. The number of carbonyl (C=O) groups excluding carboxylic acids is 2. The number of hydrogen-bond donors (Lipinski definition) is 2. The van der Waals surface area contributed by atoms with Gasteiger partial charge in [-0.2, -0.15) is 0 Å². The summed E-state index contributed by atoms with van der Waals surface area (Å²) < 4.78 is 14.8. The molecule has 7 heterocycles. The first-order chi connectivity index (χ1) is 34.2. The monoisotopic (exact) mass is 946 g/mol. The zero-order valence-electron chi connectivity index (χ0n) is 42.1. The maximum atomic E-state index is 16.6. The second-order valence-electron chi connectivity index (χ2n) is 27.2. The van der Waals surface area contributed by atoms with Crippen molar-refractivity contribution in [2.24, 2.45) is 87.1 Å². The topological polar surface area (TPSA) is 105 Å². The summed E-state index contributed by atoms with van der Waals surface area (Å²) in [4.78, 5) is 38.0. The third kappa shape index (κ3) is 5.10. The largest absolute Gasteiger partial charge is 0.508 e. The fourth-order valence-electron chi connectivity index (χ4n) is 22.8. The van der Waals surface area contributed by atoms with Crippen molar-refractivity contribution in [2.45, 2.75) is 185 Å². The smallest absolute Gasteiger partial charge is 0.339 e. The molecule has 16 atom stereocenters. The second-order valence-corrected chi connectivity index (χ2v) is 27.2. The first kappa shape index (κ1) is 43.1. The number of aliphatic hydroxyl groups excluding tert-OH is 1. The lowest BCUT2D eigenvalue weighted by molar-refractivity contribution is -0.282. The van der Waals surface area contributed by atoms with Crippen LogP contribution in [0.1, 0.15) is 176 Å². The van der Waals surface area contributed by atoms with E-state index in [1.807, 2.05) is 0 Å². The van der Waals surface area contributed by atoms with Crippen LogP contribution in [0, 0.1) is 81.3 Å². The molecular formula is C62H79N3O5. The maximum absolute atomic E-state index is 16.6. The molecule has 7 aliphatic heterocycles. The van der Waals surface area contributed by atoms with Gasteiger partial charge >= 0.3 is 11.9 Å². The molecule has 16 rings (SSSR count). The van der Waals surface area contributed by atoms with Crippen LogP contribution >= 0.6 is 0 Å². The van der Waals surface area contributed by atoms with E-state index in [4.69, 9.17) is 15.2 Å². The van der Waals surface area contributed by atoms with Crippen molar-refractivity contribution in [1.82, 2.24) is 9.80 Å². The summed E-state index contributed by atoms with van der Waals surface area (Å²) in [6, 6.07) is 7.77. The zero-order valence-corrected chi connectivity index (χ0v) is 42.1. The van der Waals surface area contributed by atoms with Crippen molar-refractivity contribution in [3.63, 3.8) is 0 Å². The minimum absolute atomic E-state index is 0.114. The number of hydrogen-bond acceptors (Lipinski definition) is 8. The molecule has 4 saturated carbocycles. The number of benzene rings is 1. The van der Waals surface area contributed by atoms with Gasteiger partial charge < -0.3 is 25.2 Å². The number of aryl methyl sites for hydroxylation is 1. The van der Waals surface area contributed by atoms with E-state index >= 15 is 9.59 Å². The molecule has 8 fully saturated rings. The lowest BCUT2D eigenvalue weighted by atomic mass is 9.27. The van der Waals surface area contributed by atoms with E-state index in [1.165, 1.54) is 115 Å². The van der Waals surface area contributed by atoms with Gasteiger partial charge in [-0.15, -0.1) is 0 Å². The summed E-state index contributed by atoms with van der Waals surface area (Å²) in [6.45, 7) is 5.43. The molecular weight excluding hydrogens is 867 g/mol. The second kappa shape index (κ2) is 14.9. The first-order valence-electron chi connectivity index (χ1n) is 29.6. The van der Waals surface area contributed by atoms with Crippen LogP contribution in [0.4, 0.5) is 0 Å². The van der Waals surface area contributed by atoms with Crippen LogP contribution in [0.5, 0.6) is 0 Å². The lowest BCUT2D eigenvalue weighted by Gasteiger charge is -2.73. The van der Waals surface area contributed by atoms with Crippen LogP contribution in [-0.4, -0.2) is 64.6 Å². The predicted octanol–water partition coefficient (Wildman–Crippen LogP) is 11.6. The van der Waals surface area contributed by atoms with Crippen LogP contribution in [0.2, 0.25) is 0 Å². The van der Waals surface area contributed by atoms with Gasteiger partial charge in [-0.1, -0.05) is 80.5 Å². The van der Waals surface area contributed by atoms with Crippen molar-refractivity contribution in [3.8, 4) is 0 Å². The molecule has 0 amide bonds. The number of ether oxygens (including phenoxy) is 2. The molecule has 8 heteroatoms. The Balaban J connectivity index is 0.991. The summed E-state index contributed by atoms with van der Waals surface area (Å²) in [7, 11) is 0. The zero-order chi connectivity index (χ0) is 46.6. The van der Waals surface area contributed by atoms with E-state index in [-0.39, 0.29) is 41.7 Å². The molecule has 7 bridgehead atoms. The number of carbonyl (C=O) groups is 2. The third-order valence-electron chi connectivity index (χ3n) is 24.9. The molecule has 8 aliphatic carbocycles. The Morgan fingerprint density at radius 3 is 2.53 bits per heavy atom. The maximum Gasteiger partial charge on any atom is 0.339 e. The molecule has 0 unspecified atom stereocenters. The normalized spacial score (nSPS) is 48.3. The Morgan fingerprint density at radius 1 is 0.843 bits per heavy atom. The Morgan fingerprint density at radius 2 is 1.67 bits per heavy atom. The highest BCUT2D eigenvalue weighted by Gasteiger charge is 2.94. The molecule has 0 radical (unpaired) electrons. The fourth-order valence-corrected chi connectivity index (χ4v) is 22.8. The summed E-state index contributed by atoms with van der Waals surface area (Å²) in [6.07, 6.45) is 32.7. The predicted molar refractivity (Wildman–Crippen MR) is 268 cm³/mol. The molecule has 70 heavy (non-hydrogen) atoms. The fraction of sp³-hybridized carbons (Fsp3) is 0.742. The first-order valence-corrected chi connectivity index (χ1v) is 29.6. The number of rotatable bonds is 5. The van der Waals surface area contributed by atoms with Crippen LogP contribution in [-0.2, 0) is 26.3 Å². The van der Waals surface area contributed by atoms with Gasteiger partial charge in [-0.3, -0.25) is 9.69 Å². The number of nitrogens with zero attached hydrogens (tertiary/aromatic N) is 2. The van der Waals surface area contributed by atoms with Crippen molar-refractivity contribution < 1.29 is 24.2 Å². The molecule has 4 saturated heterocycles. The minimum Gasteiger partial charge on any atom is -0.508 e. The number of esters is 2. The van der Waals surface area contributed by atoms with E-state index in [2.05, 4.69) is 47.1 Å². The molecule has 372 valence electrons. The highest BCUT2D eigenvalue weighted by Crippen LogP contribution is 2.88. The van der Waals surface area contributed by atoms with E-state index < -0.39 is 16.4 Å². The van der Waals surface area contributed by atoms with Crippen molar-refractivity contribution >= 4 is 11.9 Å². The van der Waals surface area contributed by atoms with Gasteiger partial charge in [0.2, 0.25) is 0 Å². The van der Waals surface area contributed by atoms with E-state index in [0.29, 0.717) is 95.4 Å². The van der Waals surface area contributed by atoms with Gasteiger partial charge in [0.25, 0.3) is 0 Å². The van der Waals surface area contributed by atoms with E-state index in [0.717, 1.165) is 56.2 Å². The SMILES string of the molecule is C[C@H]1CC2=C3[C@H]4C5=C6[C@@H](/C=C\[C@@H](C7CCCC7)C[C@H]7[C@]68C(=O)O/C(=C(/O)[C@@H]6CC[C@@H]9[C@H]%10C[C@@H](CN9[C@H]6[C@H]6CCCC9(CCCC9)C6)[C@H](CC2)N3C%10)[C@@]8(CC5)[C@]72OC(=O)c3c(CCCN)cccc32)C[C@H]41. The Bertz CT molecular complexity index is 2600. The van der Waals surface area contributed by atoms with Crippen LogP contribution in [0.3, 0.4) is 0 Å². The highest BCUT2D eigenvalue weighted by molar-refractivity contribution is 6.00. The average Bonchev–Trinajstić information content (AvgIpc) is 4.18. The van der Waals surface area contributed by atoms with Gasteiger partial charge in [0, 0.05) is 60.2 Å². The lowest BCUT2D eigenvalue weighted by Crippen LogP contribution is -2.78. The molecule has 1 aromatic carbocycles. The number of aliphatic hydroxyl groups is 1. The Kier molecular flexibility index (Phi) is 9.17. The Hall–Kier alpha value is -3.36. The van der Waals surface area contributed by atoms with E-state index in [1.54, 1.807) is 16.8 Å².